The van der Waals surface area contributed by atoms with Crippen molar-refractivity contribution in [2.45, 2.75) is 26.3 Å². The number of carbonyl (C=O) groups is 1. The van der Waals surface area contributed by atoms with E-state index >= 15 is 4.39 Å². The van der Waals surface area contributed by atoms with E-state index in [2.05, 4.69) is 25.7 Å². The minimum atomic E-state index is -0.809. The van der Waals surface area contributed by atoms with Crippen LogP contribution in [0.3, 0.4) is 0 Å². The van der Waals surface area contributed by atoms with Crippen molar-refractivity contribution >= 4 is 32.9 Å². The van der Waals surface area contributed by atoms with Crippen LogP contribution in [-0.4, -0.2) is 35.8 Å². The molecule has 164 valence electrons. The van der Waals surface area contributed by atoms with Gasteiger partial charge in [-0.3, -0.25) is 0 Å². The molecular weight excluding hydrogens is 477 g/mol. The van der Waals surface area contributed by atoms with E-state index in [1.165, 1.54) is 19.2 Å². The Labute approximate surface area is 185 Å². The fraction of sp³-hybridized carbons (Fsp3) is 0.364. The van der Waals surface area contributed by atoms with Gasteiger partial charge in [0.2, 0.25) is 0 Å². The largest absolute Gasteiger partial charge is 0.465 e. The third kappa shape index (κ3) is 3.74. The third-order valence-corrected chi connectivity index (χ3v) is 6.28. The summed E-state index contributed by atoms with van der Waals surface area (Å²) in [5, 5.41) is 0. The van der Waals surface area contributed by atoms with Crippen LogP contribution in [-0.2, 0) is 15.9 Å². The van der Waals surface area contributed by atoms with Gasteiger partial charge in [-0.25, -0.2) is 22.9 Å². The van der Waals surface area contributed by atoms with E-state index in [4.69, 9.17) is 4.74 Å². The monoisotopic (exact) mass is 496 g/mol. The number of hydrogen-bond acceptors (Lipinski definition) is 4. The average molecular weight is 497 g/mol. The van der Waals surface area contributed by atoms with Gasteiger partial charge in [-0.2, -0.15) is 0 Å². The van der Waals surface area contributed by atoms with Crippen LogP contribution in [0.2, 0.25) is 0 Å². The second-order valence-electron chi connectivity index (χ2n) is 8.24. The molecule has 2 aromatic carbocycles. The van der Waals surface area contributed by atoms with E-state index in [1.807, 2.05) is 13.8 Å². The summed E-state index contributed by atoms with van der Waals surface area (Å²) in [5.74, 6) is -2.45. The van der Waals surface area contributed by atoms with Gasteiger partial charge >= 0.3 is 5.97 Å². The highest BCUT2D eigenvalue weighted by Gasteiger charge is 2.40. The topological polar surface area (TPSA) is 53.3 Å². The first kappa shape index (κ1) is 21.8. The first-order valence-electron chi connectivity index (χ1n) is 9.63. The van der Waals surface area contributed by atoms with E-state index in [0.29, 0.717) is 24.6 Å². The van der Waals surface area contributed by atoms with Crippen LogP contribution in [0.4, 0.5) is 13.2 Å². The first-order valence-corrected chi connectivity index (χ1v) is 10.4. The Bertz CT molecular complexity index is 1190. The molecule has 0 saturated carbocycles. The number of nitrogens with zero attached hydrogens (tertiary/aromatic N) is 2. The summed E-state index contributed by atoms with van der Waals surface area (Å²) in [6.45, 7) is 4.69. The zero-order valence-corrected chi connectivity index (χ0v) is 18.7. The zero-order chi connectivity index (χ0) is 22.5. The molecule has 1 saturated heterocycles. The lowest BCUT2D eigenvalue weighted by Gasteiger charge is -2.28. The molecule has 3 aromatic rings. The molecule has 0 radical (unpaired) electrons. The van der Waals surface area contributed by atoms with Gasteiger partial charge in [0, 0.05) is 11.8 Å². The molecule has 31 heavy (non-hydrogen) atoms. The lowest BCUT2D eigenvalue weighted by atomic mass is 9.87. The quantitative estimate of drug-likeness (QED) is 0.368. The summed E-state index contributed by atoms with van der Waals surface area (Å²) in [5.41, 5.74) is -0.0947. The summed E-state index contributed by atoms with van der Waals surface area (Å²) in [6, 6.07) is 4.65. The van der Waals surface area contributed by atoms with Crippen molar-refractivity contribution in [3.05, 3.63) is 63.1 Å². The van der Waals surface area contributed by atoms with Crippen molar-refractivity contribution in [1.82, 2.24) is 9.55 Å². The molecule has 1 fully saturated rings. The van der Waals surface area contributed by atoms with Crippen LogP contribution in [0.25, 0.3) is 11.0 Å². The molecule has 0 N–H and O–H groups in total. The number of hydrogen-bond donors (Lipinski definition) is 0. The number of esters is 1. The highest BCUT2D eigenvalue weighted by Crippen LogP contribution is 2.41. The summed E-state index contributed by atoms with van der Waals surface area (Å²) < 4.78 is 56.1. The molecule has 1 aliphatic rings. The predicted molar refractivity (Wildman–Crippen MR) is 112 cm³/mol. The van der Waals surface area contributed by atoms with Gasteiger partial charge in [0.1, 0.15) is 23.0 Å². The summed E-state index contributed by atoms with van der Waals surface area (Å²) in [7, 11) is 1.17. The van der Waals surface area contributed by atoms with E-state index in [-0.39, 0.29) is 39.0 Å². The fourth-order valence-corrected chi connectivity index (χ4v) is 4.29. The van der Waals surface area contributed by atoms with E-state index in [1.54, 1.807) is 4.57 Å². The molecule has 1 aromatic heterocycles. The maximum atomic E-state index is 15.5. The van der Waals surface area contributed by atoms with Gasteiger partial charge in [-0.1, -0.05) is 13.8 Å². The SMILES string of the molecule is COC(=O)c1ccc2nc(Cc3cc(F)c(Br)cc3F)n(C3COCC3(C)C)c2c1F. The summed E-state index contributed by atoms with van der Waals surface area (Å²) >= 11 is 2.97. The minimum Gasteiger partial charge on any atom is -0.465 e. The molecule has 2 heterocycles. The second kappa shape index (κ2) is 7.94. The second-order valence-corrected chi connectivity index (χ2v) is 9.09. The van der Waals surface area contributed by atoms with Crippen molar-refractivity contribution in [3.63, 3.8) is 0 Å². The molecule has 1 unspecified atom stereocenters. The number of carbonyl (C=O) groups excluding carboxylic acids is 1. The van der Waals surface area contributed by atoms with Crippen LogP contribution >= 0.6 is 15.9 Å². The standard InChI is InChI=1S/C22H20BrF3N2O3/c1-22(2)10-31-9-17(22)28-18(7-11-6-15(25)13(23)8-14(11)24)27-16-5-4-12(21(29)30-3)19(26)20(16)28/h4-6,8,17H,7,9-10H2,1-3H3. The normalized spacial score (nSPS) is 18.0. The lowest BCUT2D eigenvalue weighted by Crippen LogP contribution is -2.27. The Hall–Kier alpha value is -2.39. The van der Waals surface area contributed by atoms with Crippen molar-refractivity contribution in [2.24, 2.45) is 5.41 Å². The van der Waals surface area contributed by atoms with Crippen molar-refractivity contribution in [2.75, 3.05) is 20.3 Å². The Morgan fingerprint density at radius 3 is 2.68 bits per heavy atom. The van der Waals surface area contributed by atoms with Crippen LogP contribution < -0.4 is 0 Å². The van der Waals surface area contributed by atoms with Gasteiger partial charge in [0.15, 0.2) is 5.82 Å². The highest BCUT2D eigenvalue weighted by atomic mass is 79.9. The zero-order valence-electron chi connectivity index (χ0n) is 17.1. The van der Waals surface area contributed by atoms with Gasteiger partial charge in [0.25, 0.3) is 0 Å². The number of benzene rings is 2. The fourth-order valence-electron chi connectivity index (χ4n) is 3.97. The van der Waals surface area contributed by atoms with E-state index in [9.17, 15) is 13.6 Å². The number of aromatic nitrogens is 2. The summed E-state index contributed by atoms with van der Waals surface area (Å²) in [4.78, 5) is 16.6. The highest BCUT2D eigenvalue weighted by molar-refractivity contribution is 9.10. The Morgan fingerprint density at radius 1 is 1.29 bits per heavy atom. The van der Waals surface area contributed by atoms with Crippen molar-refractivity contribution in [1.29, 1.82) is 0 Å². The molecular formula is C22H20BrF3N2O3. The molecule has 5 nitrogen and oxygen atoms in total. The summed E-state index contributed by atoms with van der Waals surface area (Å²) in [6.07, 6.45) is -0.0652. The number of methoxy groups -OCH3 is 1. The Kier molecular flexibility index (Phi) is 5.59. The molecule has 0 amide bonds. The van der Waals surface area contributed by atoms with Crippen molar-refractivity contribution < 1.29 is 27.4 Å². The number of imidazole rings is 1. The molecule has 0 aliphatic carbocycles. The third-order valence-electron chi connectivity index (χ3n) is 5.67. The smallest absolute Gasteiger partial charge is 0.340 e. The van der Waals surface area contributed by atoms with Crippen LogP contribution in [0.15, 0.2) is 28.7 Å². The molecule has 0 spiro atoms. The molecule has 1 atom stereocenters. The van der Waals surface area contributed by atoms with E-state index < -0.39 is 23.4 Å². The predicted octanol–water partition coefficient (Wildman–Crippen LogP) is 5.19. The average Bonchev–Trinajstić information content (AvgIpc) is 3.24. The molecule has 9 heteroatoms. The van der Waals surface area contributed by atoms with Gasteiger partial charge in [-0.15, -0.1) is 0 Å². The number of rotatable bonds is 4. The molecule has 4 rings (SSSR count). The number of ether oxygens (including phenoxy) is 2. The van der Waals surface area contributed by atoms with Gasteiger partial charge in [-0.05, 0) is 45.8 Å². The Balaban J connectivity index is 1.95. The number of halogens is 4. The van der Waals surface area contributed by atoms with Crippen molar-refractivity contribution in [3.8, 4) is 0 Å². The molecule has 1 aliphatic heterocycles. The van der Waals surface area contributed by atoms with E-state index in [0.717, 1.165) is 12.1 Å². The van der Waals surface area contributed by atoms with Gasteiger partial charge < -0.3 is 14.0 Å². The van der Waals surface area contributed by atoms with Crippen LogP contribution in [0.5, 0.6) is 0 Å². The number of fused-ring (bicyclic) bond motifs is 1. The van der Waals surface area contributed by atoms with Crippen LogP contribution in [0.1, 0.15) is 41.6 Å². The maximum absolute atomic E-state index is 15.5. The lowest BCUT2D eigenvalue weighted by molar-refractivity contribution is 0.0596. The maximum Gasteiger partial charge on any atom is 0.340 e. The molecule has 0 bridgehead atoms. The first-order chi connectivity index (χ1) is 14.6. The Morgan fingerprint density at radius 2 is 2.03 bits per heavy atom. The van der Waals surface area contributed by atoms with Gasteiger partial charge in [0.05, 0.1) is 41.9 Å². The van der Waals surface area contributed by atoms with Crippen LogP contribution in [0, 0.1) is 22.9 Å². The minimum absolute atomic E-state index is 0.0151.